The second kappa shape index (κ2) is 6.23. The number of nitro benzene ring substituents is 1. The molecule has 0 fully saturated rings. The van der Waals surface area contributed by atoms with Crippen LogP contribution < -0.4 is 0 Å². The third-order valence-electron chi connectivity index (χ3n) is 2.45. The summed E-state index contributed by atoms with van der Waals surface area (Å²) in [5, 5.41) is 19.5. The van der Waals surface area contributed by atoms with Gasteiger partial charge in [-0.15, -0.1) is 0 Å². The van der Waals surface area contributed by atoms with Crippen molar-refractivity contribution in [2.75, 3.05) is 0 Å². The van der Waals surface area contributed by atoms with Gasteiger partial charge >= 0.3 is 5.97 Å². The monoisotopic (exact) mass is 401 g/mol. The van der Waals surface area contributed by atoms with Gasteiger partial charge in [-0.05, 0) is 59.0 Å². The third-order valence-corrected chi connectivity index (χ3v) is 4.31. The molecule has 0 aliphatic rings. The van der Waals surface area contributed by atoms with Crippen molar-refractivity contribution in [2.24, 2.45) is 0 Å². The van der Waals surface area contributed by atoms with Crippen LogP contribution in [-0.2, 0) is 0 Å². The number of nitrogens with zero attached hydrogens (tertiary/aromatic N) is 1. The summed E-state index contributed by atoms with van der Waals surface area (Å²) in [6.07, 6.45) is 0. The lowest BCUT2D eigenvalue weighted by molar-refractivity contribution is -0.385. The van der Waals surface area contributed by atoms with Crippen LogP contribution in [0.1, 0.15) is 10.4 Å². The minimum atomic E-state index is -0.966. The van der Waals surface area contributed by atoms with E-state index < -0.39 is 10.9 Å². The van der Waals surface area contributed by atoms with Gasteiger partial charge < -0.3 is 5.11 Å². The summed E-state index contributed by atoms with van der Waals surface area (Å²) in [6.45, 7) is 0. The predicted octanol–water partition coefficient (Wildman–Crippen LogP) is 4.05. The van der Waals surface area contributed by atoms with Gasteiger partial charge in [0.05, 0.1) is 14.1 Å². The summed E-state index contributed by atoms with van der Waals surface area (Å²) >= 11 is 3.35. The fourth-order valence-corrected chi connectivity index (χ4v) is 3.28. The normalized spacial score (nSPS) is 10.2. The number of carboxylic acid groups (broad SMARTS) is 1. The Kier molecular flexibility index (Phi) is 4.61. The lowest BCUT2D eigenvalue weighted by Crippen LogP contribution is -1.94. The third kappa shape index (κ3) is 3.48. The Hall–Kier alpha value is -1.61. The minimum Gasteiger partial charge on any atom is -0.478 e. The molecule has 102 valence electrons. The number of carboxylic acids is 1. The molecule has 0 aromatic heterocycles. The number of halogens is 1. The average Bonchev–Trinajstić information content (AvgIpc) is 2.39. The van der Waals surface area contributed by atoms with Gasteiger partial charge in [0.2, 0.25) is 0 Å². The summed E-state index contributed by atoms with van der Waals surface area (Å²) in [5.74, 6) is -0.966. The minimum absolute atomic E-state index is 0.0798. The van der Waals surface area contributed by atoms with E-state index in [0.29, 0.717) is 3.57 Å². The molecule has 7 heteroatoms. The second-order valence-corrected chi connectivity index (χ2v) is 6.11. The second-order valence-electron chi connectivity index (χ2n) is 3.80. The zero-order valence-corrected chi connectivity index (χ0v) is 12.9. The molecule has 5 nitrogen and oxygen atoms in total. The highest BCUT2D eigenvalue weighted by Gasteiger charge is 2.12. The molecule has 0 radical (unpaired) electrons. The van der Waals surface area contributed by atoms with Gasteiger partial charge in [0.15, 0.2) is 0 Å². The van der Waals surface area contributed by atoms with Gasteiger partial charge in [-0.1, -0.05) is 11.8 Å². The molecule has 0 atom stereocenters. The van der Waals surface area contributed by atoms with E-state index >= 15 is 0 Å². The van der Waals surface area contributed by atoms with E-state index in [1.165, 1.54) is 30.0 Å². The highest BCUT2D eigenvalue weighted by atomic mass is 127. The van der Waals surface area contributed by atoms with Gasteiger partial charge in [0.25, 0.3) is 5.69 Å². The van der Waals surface area contributed by atoms with Gasteiger partial charge in [-0.25, -0.2) is 4.79 Å². The molecule has 1 N–H and O–H groups in total. The van der Waals surface area contributed by atoms with Crippen LogP contribution in [0.25, 0.3) is 0 Å². The predicted molar refractivity (Wildman–Crippen MR) is 83.3 cm³/mol. The molecule has 0 heterocycles. The summed E-state index contributed by atoms with van der Waals surface area (Å²) in [5.41, 5.74) is 0.309. The first kappa shape index (κ1) is 14.8. The lowest BCUT2D eigenvalue weighted by Gasteiger charge is -2.03. The molecule has 2 aromatic carbocycles. The first-order chi connectivity index (χ1) is 9.47. The fraction of sp³-hybridized carbons (Fsp3) is 0. The van der Waals surface area contributed by atoms with Crippen molar-refractivity contribution in [3.8, 4) is 0 Å². The fourth-order valence-electron chi connectivity index (χ4n) is 1.50. The van der Waals surface area contributed by atoms with Crippen LogP contribution in [-0.4, -0.2) is 16.0 Å². The van der Waals surface area contributed by atoms with Crippen LogP contribution in [0.4, 0.5) is 5.69 Å². The van der Waals surface area contributed by atoms with Crippen LogP contribution in [0.15, 0.2) is 52.3 Å². The number of carbonyl (C=O) groups is 1. The van der Waals surface area contributed by atoms with Crippen molar-refractivity contribution >= 4 is 46.0 Å². The van der Waals surface area contributed by atoms with E-state index in [0.717, 1.165) is 9.79 Å². The van der Waals surface area contributed by atoms with Crippen molar-refractivity contribution in [1.29, 1.82) is 0 Å². The molecule has 0 aliphatic heterocycles. The van der Waals surface area contributed by atoms with E-state index in [9.17, 15) is 14.9 Å². The maximum atomic E-state index is 10.7. The Labute approximate surface area is 132 Å². The molecular weight excluding hydrogens is 393 g/mol. The summed E-state index contributed by atoms with van der Waals surface area (Å²) < 4.78 is 0.569. The molecule has 2 rings (SSSR count). The van der Waals surface area contributed by atoms with Gasteiger partial charge in [-0.2, -0.15) is 0 Å². The van der Waals surface area contributed by atoms with Crippen molar-refractivity contribution in [3.05, 3.63) is 61.7 Å². The Morgan fingerprint density at radius 3 is 2.25 bits per heavy atom. The molecular formula is C13H8INO4S. The van der Waals surface area contributed by atoms with E-state index in [1.807, 2.05) is 22.6 Å². The highest BCUT2D eigenvalue weighted by molar-refractivity contribution is 14.1. The number of benzene rings is 2. The maximum absolute atomic E-state index is 10.7. The van der Waals surface area contributed by atoms with Crippen molar-refractivity contribution in [3.63, 3.8) is 0 Å². The Balaban J connectivity index is 2.19. The molecule has 0 saturated carbocycles. The number of aromatic carboxylic acids is 1. The molecule has 2 aromatic rings. The first-order valence-corrected chi connectivity index (χ1v) is 7.32. The number of hydrogen-bond donors (Lipinski definition) is 1. The molecule has 0 saturated heterocycles. The summed E-state index contributed by atoms with van der Waals surface area (Å²) in [4.78, 5) is 22.8. The zero-order chi connectivity index (χ0) is 14.7. The zero-order valence-electron chi connectivity index (χ0n) is 9.95. The lowest BCUT2D eigenvalue weighted by atomic mass is 10.2. The van der Waals surface area contributed by atoms with Crippen LogP contribution in [0.2, 0.25) is 0 Å². The van der Waals surface area contributed by atoms with Crippen LogP contribution >= 0.6 is 34.4 Å². The Morgan fingerprint density at radius 2 is 1.75 bits per heavy atom. The van der Waals surface area contributed by atoms with E-state index in [-0.39, 0.29) is 11.3 Å². The molecule has 0 aliphatic carbocycles. The van der Waals surface area contributed by atoms with Crippen molar-refractivity contribution in [2.45, 2.75) is 9.79 Å². The van der Waals surface area contributed by atoms with Crippen molar-refractivity contribution in [1.82, 2.24) is 0 Å². The number of hydrogen-bond acceptors (Lipinski definition) is 4. The molecule has 0 amide bonds. The SMILES string of the molecule is O=C(O)c1ccc(Sc2ccc([N+](=O)[O-])c(I)c2)cc1. The maximum Gasteiger partial charge on any atom is 0.335 e. The smallest absolute Gasteiger partial charge is 0.335 e. The quantitative estimate of drug-likeness (QED) is 0.475. The van der Waals surface area contributed by atoms with E-state index in [2.05, 4.69) is 0 Å². The Bertz CT molecular complexity index is 673. The highest BCUT2D eigenvalue weighted by Crippen LogP contribution is 2.32. The molecule has 20 heavy (non-hydrogen) atoms. The number of nitro groups is 1. The average molecular weight is 401 g/mol. The summed E-state index contributed by atoms with van der Waals surface area (Å²) in [7, 11) is 0. The molecule has 0 bridgehead atoms. The van der Waals surface area contributed by atoms with E-state index in [4.69, 9.17) is 5.11 Å². The van der Waals surface area contributed by atoms with Gasteiger partial charge in [-0.3, -0.25) is 10.1 Å². The largest absolute Gasteiger partial charge is 0.478 e. The van der Waals surface area contributed by atoms with Crippen LogP contribution in [0.5, 0.6) is 0 Å². The number of rotatable bonds is 4. The molecule has 0 spiro atoms. The first-order valence-electron chi connectivity index (χ1n) is 5.42. The van der Waals surface area contributed by atoms with Crippen LogP contribution in [0.3, 0.4) is 0 Å². The molecule has 0 unspecified atom stereocenters. The van der Waals surface area contributed by atoms with Gasteiger partial charge in [0.1, 0.15) is 0 Å². The summed E-state index contributed by atoms with van der Waals surface area (Å²) in [6, 6.07) is 11.4. The van der Waals surface area contributed by atoms with E-state index in [1.54, 1.807) is 24.3 Å². The van der Waals surface area contributed by atoms with Crippen molar-refractivity contribution < 1.29 is 14.8 Å². The topological polar surface area (TPSA) is 80.4 Å². The Morgan fingerprint density at radius 1 is 1.15 bits per heavy atom. The standard InChI is InChI=1S/C13H8INO4S/c14-11-7-10(5-6-12(11)15(18)19)20-9-3-1-8(2-4-9)13(16)17/h1-7H,(H,16,17). The van der Waals surface area contributed by atoms with Crippen LogP contribution in [0, 0.1) is 13.7 Å². The van der Waals surface area contributed by atoms with Gasteiger partial charge in [0, 0.05) is 15.9 Å².